The summed E-state index contributed by atoms with van der Waals surface area (Å²) < 4.78 is 10.3. The van der Waals surface area contributed by atoms with Gasteiger partial charge in [-0.3, -0.25) is 9.69 Å². The molecule has 2 aromatic carbocycles. The summed E-state index contributed by atoms with van der Waals surface area (Å²) in [6.45, 7) is 0.0841. The number of para-hydroxylation sites is 1. The molecule has 3 rings (SSSR count). The molecule has 0 aliphatic carbocycles. The van der Waals surface area contributed by atoms with E-state index in [9.17, 15) is 19.2 Å². The number of hydrogen-bond acceptors (Lipinski definition) is 6. The van der Waals surface area contributed by atoms with Crippen molar-refractivity contribution in [1.29, 1.82) is 0 Å². The number of ether oxygens (including phenoxy) is 2. The van der Waals surface area contributed by atoms with E-state index >= 15 is 0 Å². The van der Waals surface area contributed by atoms with Crippen molar-refractivity contribution in [3.8, 4) is 0 Å². The van der Waals surface area contributed by atoms with Crippen molar-refractivity contribution in [2.45, 2.75) is 18.9 Å². The van der Waals surface area contributed by atoms with E-state index in [4.69, 9.17) is 14.6 Å². The van der Waals surface area contributed by atoms with Crippen molar-refractivity contribution in [3.63, 3.8) is 0 Å². The molecule has 1 heterocycles. The maximum Gasteiger partial charge on any atom is 0.422 e. The smallest absolute Gasteiger partial charge is 0.422 e. The van der Waals surface area contributed by atoms with Crippen LogP contribution in [0.4, 0.5) is 10.5 Å². The second-order valence-electron chi connectivity index (χ2n) is 7.23. The van der Waals surface area contributed by atoms with Crippen LogP contribution in [0, 0.1) is 0 Å². The highest BCUT2D eigenvalue weighted by Crippen LogP contribution is 2.18. The van der Waals surface area contributed by atoms with Crippen LogP contribution >= 0.6 is 0 Å². The number of benzene rings is 2. The molecule has 9 heteroatoms. The van der Waals surface area contributed by atoms with Crippen LogP contribution in [0.25, 0.3) is 0 Å². The number of hydrogen-bond donors (Lipinski definition) is 1. The third kappa shape index (κ3) is 6.39. The number of aliphatic carboxylic acids is 1. The van der Waals surface area contributed by atoms with Gasteiger partial charge in [0.25, 0.3) is 0 Å². The van der Waals surface area contributed by atoms with Crippen molar-refractivity contribution in [1.82, 2.24) is 4.90 Å². The van der Waals surface area contributed by atoms with Gasteiger partial charge in [0, 0.05) is 18.8 Å². The largest absolute Gasteiger partial charge is 0.480 e. The number of esters is 1. The van der Waals surface area contributed by atoms with Crippen LogP contribution in [0.5, 0.6) is 0 Å². The number of carbonyl (C=O) groups excluding carboxylic acids is 3. The predicted molar refractivity (Wildman–Crippen MR) is 114 cm³/mol. The van der Waals surface area contributed by atoms with E-state index in [1.54, 1.807) is 53.4 Å². The minimum Gasteiger partial charge on any atom is -0.480 e. The van der Waals surface area contributed by atoms with Gasteiger partial charge in [0.1, 0.15) is 13.2 Å². The Balaban J connectivity index is 1.64. The van der Waals surface area contributed by atoms with Crippen molar-refractivity contribution in [2.24, 2.45) is 0 Å². The monoisotopic (exact) mass is 440 g/mol. The van der Waals surface area contributed by atoms with Gasteiger partial charge in [0.05, 0.1) is 11.7 Å². The topological polar surface area (TPSA) is 113 Å². The summed E-state index contributed by atoms with van der Waals surface area (Å²) in [5, 5.41) is 8.72. The van der Waals surface area contributed by atoms with Crippen molar-refractivity contribution >= 4 is 29.6 Å². The fraction of sp³-hybridized carbons (Fsp3) is 0.304. The molecule has 0 aromatic heterocycles. The zero-order valence-electron chi connectivity index (χ0n) is 17.4. The summed E-state index contributed by atoms with van der Waals surface area (Å²) in [6.07, 6.45) is -0.172. The summed E-state index contributed by atoms with van der Waals surface area (Å²) in [5.41, 5.74) is 0.648. The molecule has 2 amide bonds. The Kier molecular flexibility index (Phi) is 7.93. The number of rotatable bonds is 7. The SMILES string of the molecule is O=C(O)COC1CCN(C(=O)CN(C(=O)OC(=O)c2ccccc2)c2ccccc2)CC1. The lowest BCUT2D eigenvalue weighted by Gasteiger charge is -2.33. The molecule has 1 aliphatic heterocycles. The van der Waals surface area contributed by atoms with Gasteiger partial charge in [0.2, 0.25) is 5.91 Å². The van der Waals surface area contributed by atoms with Crippen LogP contribution in [0.3, 0.4) is 0 Å². The van der Waals surface area contributed by atoms with Gasteiger partial charge < -0.3 is 19.5 Å². The van der Waals surface area contributed by atoms with E-state index in [0.29, 0.717) is 31.6 Å². The second-order valence-corrected chi connectivity index (χ2v) is 7.23. The minimum absolute atomic E-state index is 0.226. The van der Waals surface area contributed by atoms with Crippen LogP contribution in [-0.4, -0.2) is 66.3 Å². The minimum atomic E-state index is -1.04. The standard InChI is InChI=1S/C23H24N2O7/c26-20(24-13-11-19(12-14-24)31-16-21(27)28)15-25(18-9-5-2-6-10-18)23(30)32-22(29)17-7-3-1-4-8-17/h1-10,19H,11-16H2,(H,27,28). The van der Waals surface area contributed by atoms with Crippen LogP contribution in [0.15, 0.2) is 60.7 Å². The number of piperidine rings is 1. The molecule has 0 bridgehead atoms. The van der Waals surface area contributed by atoms with Gasteiger partial charge >= 0.3 is 18.0 Å². The lowest BCUT2D eigenvalue weighted by molar-refractivity contribution is -0.146. The summed E-state index contributed by atoms with van der Waals surface area (Å²) in [6, 6.07) is 16.6. The maximum absolute atomic E-state index is 12.9. The molecule has 0 radical (unpaired) electrons. The highest BCUT2D eigenvalue weighted by Gasteiger charge is 2.28. The quantitative estimate of drug-likeness (QED) is 0.520. The molecular weight excluding hydrogens is 416 g/mol. The first-order chi connectivity index (χ1) is 15.4. The molecule has 0 spiro atoms. The molecule has 9 nitrogen and oxygen atoms in total. The van der Waals surface area contributed by atoms with Crippen LogP contribution in [0.2, 0.25) is 0 Å². The van der Waals surface area contributed by atoms with Gasteiger partial charge in [-0.25, -0.2) is 14.4 Å². The maximum atomic E-state index is 12.9. The zero-order valence-corrected chi connectivity index (χ0v) is 17.4. The molecule has 2 aromatic rings. The lowest BCUT2D eigenvalue weighted by atomic mass is 10.1. The average Bonchev–Trinajstić information content (AvgIpc) is 2.82. The number of anilines is 1. The fourth-order valence-electron chi connectivity index (χ4n) is 3.33. The number of carboxylic acids is 1. The Hall–Kier alpha value is -3.72. The van der Waals surface area contributed by atoms with E-state index in [0.717, 1.165) is 4.90 Å². The Morgan fingerprint density at radius 2 is 1.53 bits per heavy atom. The summed E-state index contributed by atoms with van der Waals surface area (Å²) >= 11 is 0. The summed E-state index contributed by atoms with van der Waals surface area (Å²) in [5.74, 6) is -2.15. The molecule has 1 fully saturated rings. The van der Waals surface area contributed by atoms with E-state index < -0.39 is 18.0 Å². The van der Waals surface area contributed by atoms with Crippen LogP contribution in [0.1, 0.15) is 23.2 Å². The first kappa shape index (κ1) is 23.0. The molecule has 0 atom stereocenters. The summed E-state index contributed by atoms with van der Waals surface area (Å²) in [4.78, 5) is 51.3. The average molecular weight is 440 g/mol. The predicted octanol–water partition coefficient (Wildman–Crippen LogP) is 2.56. The van der Waals surface area contributed by atoms with E-state index in [1.807, 2.05) is 0 Å². The van der Waals surface area contributed by atoms with Gasteiger partial charge in [-0.1, -0.05) is 36.4 Å². The van der Waals surface area contributed by atoms with Crippen molar-refractivity contribution in [3.05, 3.63) is 66.2 Å². The highest BCUT2D eigenvalue weighted by molar-refractivity contribution is 6.03. The first-order valence-electron chi connectivity index (χ1n) is 10.2. The molecule has 0 saturated carbocycles. The van der Waals surface area contributed by atoms with Crippen molar-refractivity contribution < 1.29 is 33.8 Å². The van der Waals surface area contributed by atoms with Crippen molar-refractivity contribution in [2.75, 3.05) is 31.1 Å². The number of carbonyl (C=O) groups is 4. The highest BCUT2D eigenvalue weighted by atomic mass is 16.6. The lowest BCUT2D eigenvalue weighted by Crippen LogP contribution is -2.47. The molecule has 0 unspecified atom stereocenters. The van der Waals surface area contributed by atoms with Crippen LogP contribution in [-0.2, 0) is 19.1 Å². The first-order valence-corrected chi connectivity index (χ1v) is 10.2. The molecular formula is C23H24N2O7. The van der Waals surface area contributed by atoms with Gasteiger partial charge in [-0.15, -0.1) is 0 Å². The molecule has 1 saturated heterocycles. The van der Waals surface area contributed by atoms with Gasteiger partial charge in [-0.2, -0.15) is 0 Å². The zero-order chi connectivity index (χ0) is 22.9. The fourth-order valence-corrected chi connectivity index (χ4v) is 3.33. The molecule has 1 N–H and O–H groups in total. The van der Waals surface area contributed by atoms with E-state index in [1.165, 1.54) is 12.1 Å². The number of carboxylic acid groups (broad SMARTS) is 1. The number of amides is 2. The number of nitrogens with zero attached hydrogens (tertiary/aromatic N) is 2. The number of likely N-dealkylation sites (tertiary alicyclic amines) is 1. The Morgan fingerprint density at radius 1 is 0.938 bits per heavy atom. The Morgan fingerprint density at radius 3 is 2.12 bits per heavy atom. The molecule has 168 valence electrons. The van der Waals surface area contributed by atoms with E-state index in [-0.39, 0.29) is 30.7 Å². The van der Waals surface area contributed by atoms with Gasteiger partial charge in [0.15, 0.2) is 0 Å². The van der Waals surface area contributed by atoms with Crippen LogP contribution < -0.4 is 4.90 Å². The molecule has 32 heavy (non-hydrogen) atoms. The van der Waals surface area contributed by atoms with E-state index in [2.05, 4.69) is 0 Å². The Bertz CT molecular complexity index is 941. The Labute approximate surface area is 185 Å². The normalized spacial score (nSPS) is 13.9. The second kappa shape index (κ2) is 11.1. The molecule has 1 aliphatic rings. The third-order valence-corrected chi connectivity index (χ3v) is 5.01. The summed E-state index contributed by atoms with van der Waals surface area (Å²) in [7, 11) is 0. The van der Waals surface area contributed by atoms with Gasteiger partial charge in [-0.05, 0) is 37.1 Å². The third-order valence-electron chi connectivity index (χ3n) is 5.01.